The van der Waals surface area contributed by atoms with Crippen molar-refractivity contribution in [3.05, 3.63) is 29.8 Å². The lowest BCUT2D eigenvalue weighted by atomic mass is 10.2. The Labute approximate surface area is 83.3 Å². The van der Waals surface area contributed by atoms with E-state index in [4.69, 9.17) is 11.6 Å². The minimum atomic E-state index is -0.716. The van der Waals surface area contributed by atoms with Gasteiger partial charge in [0.2, 0.25) is 5.95 Å². The molecular formula is C8H7F2N5. The van der Waals surface area contributed by atoms with Gasteiger partial charge in [-0.2, -0.15) is 0 Å². The molecular weight excluding hydrogens is 204 g/mol. The van der Waals surface area contributed by atoms with Crippen LogP contribution in [0.15, 0.2) is 18.2 Å². The highest BCUT2D eigenvalue weighted by Crippen LogP contribution is 2.19. The van der Waals surface area contributed by atoms with E-state index in [0.29, 0.717) is 0 Å². The molecule has 0 spiro atoms. The van der Waals surface area contributed by atoms with Gasteiger partial charge in [-0.15, -0.1) is 10.2 Å². The van der Waals surface area contributed by atoms with Gasteiger partial charge in [-0.1, -0.05) is 0 Å². The molecule has 4 N–H and O–H groups in total. The molecule has 0 radical (unpaired) electrons. The van der Waals surface area contributed by atoms with Crippen molar-refractivity contribution in [3.8, 4) is 11.4 Å². The van der Waals surface area contributed by atoms with Crippen molar-refractivity contribution in [1.29, 1.82) is 0 Å². The van der Waals surface area contributed by atoms with E-state index in [0.717, 1.165) is 22.9 Å². The summed E-state index contributed by atoms with van der Waals surface area (Å²) in [6.45, 7) is 0. The monoisotopic (exact) mass is 211 g/mol. The molecule has 0 amide bonds. The van der Waals surface area contributed by atoms with Crippen LogP contribution in [0.25, 0.3) is 11.4 Å². The highest BCUT2D eigenvalue weighted by molar-refractivity contribution is 5.57. The Bertz CT molecular complexity index is 487. The summed E-state index contributed by atoms with van der Waals surface area (Å²) in [7, 11) is 0. The van der Waals surface area contributed by atoms with Crippen LogP contribution in [0.3, 0.4) is 0 Å². The van der Waals surface area contributed by atoms with Crippen molar-refractivity contribution >= 4 is 5.95 Å². The van der Waals surface area contributed by atoms with Crippen molar-refractivity contribution in [2.75, 3.05) is 11.6 Å². The number of hydrogen-bond donors (Lipinski definition) is 2. The van der Waals surface area contributed by atoms with Crippen LogP contribution in [0.5, 0.6) is 0 Å². The molecule has 15 heavy (non-hydrogen) atoms. The molecule has 2 rings (SSSR count). The maximum absolute atomic E-state index is 12.9. The van der Waals surface area contributed by atoms with Gasteiger partial charge in [0.1, 0.15) is 11.6 Å². The lowest BCUT2D eigenvalue weighted by Gasteiger charge is -2.01. The van der Waals surface area contributed by atoms with E-state index in [1.54, 1.807) is 0 Å². The fourth-order valence-corrected chi connectivity index (χ4v) is 1.18. The third-order valence-electron chi connectivity index (χ3n) is 1.84. The minimum absolute atomic E-state index is 0.0327. The van der Waals surface area contributed by atoms with Crippen LogP contribution >= 0.6 is 0 Å². The van der Waals surface area contributed by atoms with Gasteiger partial charge in [0.15, 0.2) is 5.82 Å². The van der Waals surface area contributed by atoms with Gasteiger partial charge in [-0.3, -0.25) is 0 Å². The number of benzene rings is 1. The minimum Gasteiger partial charge on any atom is -0.366 e. The lowest BCUT2D eigenvalue weighted by Crippen LogP contribution is -2.13. The van der Waals surface area contributed by atoms with Crippen molar-refractivity contribution in [2.45, 2.75) is 0 Å². The molecule has 0 saturated carbocycles. The Hall–Kier alpha value is -2.18. The predicted octanol–water partition coefficient (Wildman–Crippen LogP) is 0.519. The number of halogens is 2. The molecule has 0 bridgehead atoms. The van der Waals surface area contributed by atoms with Crippen LogP contribution < -0.4 is 11.6 Å². The number of nitrogen functional groups attached to an aromatic ring is 2. The Morgan fingerprint density at radius 3 is 2.13 bits per heavy atom. The number of anilines is 1. The van der Waals surface area contributed by atoms with E-state index < -0.39 is 11.6 Å². The van der Waals surface area contributed by atoms with Gasteiger partial charge in [0.05, 0.1) is 0 Å². The summed E-state index contributed by atoms with van der Waals surface area (Å²) in [4.78, 5) is 0. The number of nitrogens with two attached hydrogens (primary N) is 2. The first-order valence-corrected chi connectivity index (χ1v) is 4.00. The van der Waals surface area contributed by atoms with Crippen molar-refractivity contribution in [2.24, 2.45) is 0 Å². The van der Waals surface area contributed by atoms with Crippen LogP contribution in [-0.2, 0) is 0 Å². The van der Waals surface area contributed by atoms with Gasteiger partial charge < -0.3 is 11.6 Å². The van der Waals surface area contributed by atoms with E-state index in [1.165, 1.54) is 0 Å². The lowest BCUT2D eigenvalue weighted by molar-refractivity contribution is 0.584. The Morgan fingerprint density at radius 1 is 1.07 bits per heavy atom. The third-order valence-corrected chi connectivity index (χ3v) is 1.84. The average molecular weight is 211 g/mol. The van der Waals surface area contributed by atoms with E-state index >= 15 is 0 Å². The molecule has 0 aliphatic carbocycles. The first-order chi connectivity index (χ1) is 7.08. The van der Waals surface area contributed by atoms with Crippen LogP contribution in [0.4, 0.5) is 14.7 Å². The highest BCUT2D eigenvalue weighted by Gasteiger charge is 2.11. The summed E-state index contributed by atoms with van der Waals surface area (Å²) in [5, 5.41) is 7.07. The maximum Gasteiger partial charge on any atom is 0.241 e. The first-order valence-electron chi connectivity index (χ1n) is 4.00. The molecule has 5 nitrogen and oxygen atoms in total. The van der Waals surface area contributed by atoms with Gasteiger partial charge in [-0.25, -0.2) is 13.5 Å². The van der Waals surface area contributed by atoms with E-state index in [-0.39, 0.29) is 17.3 Å². The average Bonchev–Trinajstić information content (AvgIpc) is 2.46. The number of rotatable bonds is 1. The van der Waals surface area contributed by atoms with Gasteiger partial charge in [0, 0.05) is 11.6 Å². The van der Waals surface area contributed by atoms with Crippen LogP contribution in [0, 0.1) is 11.6 Å². The quantitative estimate of drug-likeness (QED) is 0.673. The molecule has 78 valence electrons. The molecule has 1 aromatic heterocycles. The Balaban J connectivity index is 2.58. The van der Waals surface area contributed by atoms with E-state index in [2.05, 4.69) is 10.2 Å². The second-order valence-electron chi connectivity index (χ2n) is 2.91. The molecule has 0 aliphatic heterocycles. The van der Waals surface area contributed by atoms with Gasteiger partial charge in [0.25, 0.3) is 0 Å². The van der Waals surface area contributed by atoms with Crippen LogP contribution in [0.2, 0.25) is 0 Å². The first kappa shape index (κ1) is 9.38. The molecule has 0 saturated heterocycles. The normalized spacial score (nSPS) is 10.5. The summed E-state index contributed by atoms with van der Waals surface area (Å²) in [6.07, 6.45) is 0. The summed E-state index contributed by atoms with van der Waals surface area (Å²) in [5.74, 6) is 4.09. The van der Waals surface area contributed by atoms with Gasteiger partial charge >= 0.3 is 0 Å². The molecule has 2 aromatic rings. The largest absolute Gasteiger partial charge is 0.366 e. The summed E-state index contributed by atoms with van der Waals surface area (Å²) in [6, 6.07) is 2.94. The zero-order valence-electron chi connectivity index (χ0n) is 7.48. The molecule has 1 heterocycles. The predicted molar refractivity (Wildman–Crippen MR) is 49.9 cm³/mol. The van der Waals surface area contributed by atoms with Crippen molar-refractivity contribution in [3.63, 3.8) is 0 Å². The zero-order valence-corrected chi connectivity index (χ0v) is 7.48. The Kier molecular flexibility index (Phi) is 2.00. The molecule has 0 atom stereocenters. The number of hydrogen-bond acceptors (Lipinski definition) is 4. The smallest absolute Gasteiger partial charge is 0.241 e. The van der Waals surface area contributed by atoms with Gasteiger partial charge in [-0.05, 0) is 12.1 Å². The summed E-state index contributed by atoms with van der Waals surface area (Å²) >= 11 is 0. The third kappa shape index (κ3) is 1.58. The molecule has 1 aromatic carbocycles. The second-order valence-corrected chi connectivity index (χ2v) is 2.91. The summed E-state index contributed by atoms with van der Waals surface area (Å²) in [5.41, 5.74) is 5.51. The zero-order chi connectivity index (χ0) is 11.0. The standard InChI is InChI=1S/C8H7F2N5/c9-5-1-4(2-6(10)3-5)7-13-14-8(11)15(7)12/h1-3H,12H2,(H2,11,14). The van der Waals surface area contributed by atoms with Crippen molar-refractivity contribution in [1.82, 2.24) is 14.9 Å². The van der Waals surface area contributed by atoms with E-state index in [1.807, 2.05) is 0 Å². The van der Waals surface area contributed by atoms with E-state index in [9.17, 15) is 8.78 Å². The van der Waals surface area contributed by atoms with Crippen LogP contribution in [0.1, 0.15) is 0 Å². The molecule has 7 heteroatoms. The van der Waals surface area contributed by atoms with Crippen molar-refractivity contribution < 1.29 is 8.78 Å². The maximum atomic E-state index is 12.9. The topological polar surface area (TPSA) is 82.8 Å². The fraction of sp³-hybridized carbons (Fsp3) is 0. The fourth-order valence-electron chi connectivity index (χ4n) is 1.18. The summed E-state index contributed by atoms with van der Waals surface area (Å²) < 4.78 is 26.7. The SMILES string of the molecule is Nc1nnc(-c2cc(F)cc(F)c2)n1N. The molecule has 0 aliphatic rings. The molecule has 0 fully saturated rings. The van der Waals surface area contributed by atoms with Crippen LogP contribution in [-0.4, -0.2) is 14.9 Å². The second kappa shape index (κ2) is 3.19. The number of nitrogens with zero attached hydrogens (tertiary/aromatic N) is 3. The highest BCUT2D eigenvalue weighted by atomic mass is 19.1. The molecule has 0 unspecified atom stereocenters. The Morgan fingerprint density at radius 2 is 1.67 bits per heavy atom. The number of aromatic nitrogens is 3.